The van der Waals surface area contributed by atoms with E-state index in [1.165, 1.54) is 12.1 Å². The summed E-state index contributed by atoms with van der Waals surface area (Å²) in [6.45, 7) is 3.08. The standard InChI is InChI=1S/C18H18FN7O2/c19-12-3-1-11(2-4-12)16-24-25-18(28-16)23-17-21-13-9-15(20-10-14(13)22-17)26-5-7-27-8-6-26/h1-4,9-10,17,21-22H,5-8H2,(H,23,25). The van der Waals surface area contributed by atoms with E-state index in [2.05, 4.69) is 36.0 Å². The number of anilines is 4. The van der Waals surface area contributed by atoms with Crippen LogP contribution in [0.15, 0.2) is 40.9 Å². The lowest BCUT2D eigenvalue weighted by Crippen LogP contribution is -2.36. The van der Waals surface area contributed by atoms with Crippen LogP contribution in [0.5, 0.6) is 0 Å². The molecule has 1 atom stereocenters. The average Bonchev–Trinajstić information content (AvgIpc) is 3.35. The molecule has 144 valence electrons. The fraction of sp³-hybridized carbons (Fsp3) is 0.278. The number of morpholine rings is 1. The third kappa shape index (κ3) is 3.29. The van der Waals surface area contributed by atoms with E-state index in [9.17, 15) is 4.39 Å². The molecule has 3 aromatic rings. The molecule has 1 aromatic carbocycles. The molecule has 0 amide bonds. The van der Waals surface area contributed by atoms with Gasteiger partial charge in [-0.2, -0.15) is 0 Å². The molecule has 1 unspecified atom stereocenters. The Kier molecular flexibility index (Phi) is 4.17. The number of aromatic nitrogens is 3. The number of nitrogens with one attached hydrogen (secondary N) is 3. The first-order valence-corrected chi connectivity index (χ1v) is 8.96. The Labute approximate surface area is 159 Å². The van der Waals surface area contributed by atoms with Crippen molar-refractivity contribution in [3.05, 3.63) is 42.3 Å². The second-order valence-electron chi connectivity index (χ2n) is 6.47. The maximum Gasteiger partial charge on any atom is 0.318 e. The predicted molar refractivity (Wildman–Crippen MR) is 102 cm³/mol. The van der Waals surface area contributed by atoms with Crippen LogP contribution in [0, 0.1) is 5.82 Å². The van der Waals surface area contributed by atoms with Gasteiger partial charge < -0.3 is 30.0 Å². The van der Waals surface area contributed by atoms with Crippen molar-refractivity contribution in [3.63, 3.8) is 0 Å². The molecule has 0 bridgehead atoms. The van der Waals surface area contributed by atoms with Crippen molar-refractivity contribution in [2.24, 2.45) is 0 Å². The summed E-state index contributed by atoms with van der Waals surface area (Å²) in [5.74, 6) is 0.909. The third-order valence-corrected chi connectivity index (χ3v) is 4.61. The molecule has 28 heavy (non-hydrogen) atoms. The fourth-order valence-corrected chi connectivity index (χ4v) is 3.18. The van der Waals surface area contributed by atoms with Gasteiger partial charge in [-0.3, -0.25) is 0 Å². The highest BCUT2D eigenvalue weighted by molar-refractivity contribution is 5.77. The lowest BCUT2D eigenvalue weighted by molar-refractivity contribution is 0.122. The van der Waals surface area contributed by atoms with Gasteiger partial charge in [0.2, 0.25) is 5.89 Å². The first-order chi connectivity index (χ1) is 13.7. The van der Waals surface area contributed by atoms with E-state index in [0.717, 1.165) is 30.3 Å². The summed E-state index contributed by atoms with van der Waals surface area (Å²) in [6, 6.07) is 8.14. The van der Waals surface area contributed by atoms with Crippen LogP contribution in [0.3, 0.4) is 0 Å². The summed E-state index contributed by atoms with van der Waals surface area (Å²) in [4.78, 5) is 6.72. The maximum absolute atomic E-state index is 13.0. The second kappa shape index (κ2) is 6.97. The van der Waals surface area contributed by atoms with Crippen molar-refractivity contribution in [2.75, 3.05) is 47.2 Å². The van der Waals surface area contributed by atoms with Gasteiger partial charge >= 0.3 is 6.01 Å². The van der Waals surface area contributed by atoms with Crippen molar-refractivity contribution in [2.45, 2.75) is 6.29 Å². The third-order valence-electron chi connectivity index (χ3n) is 4.61. The Balaban J connectivity index is 1.26. The topological polar surface area (TPSA) is 100 Å². The minimum absolute atomic E-state index is 0.249. The van der Waals surface area contributed by atoms with Crippen LogP contribution in [0.4, 0.5) is 27.6 Å². The average molecular weight is 383 g/mol. The van der Waals surface area contributed by atoms with Gasteiger partial charge in [-0.05, 0) is 24.3 Å². The SMILES string of the molecule is Fc1ccc(-c2nnc(NC3Nc4cnc(N5CCOCC5)cc4N3)o2)cc1. The molecule has 9 nitrogen and oxygen atoms in total. The Hall–Kier alpha value is -3.40. The zero-order chi connectivity index (χ0) is 18.9. The van der Waals surface area contributed by atoms with Gasteiger partial charge in [-0.1, -0.05) is 5.10 Å². The molecule has 4 heterocycles. The molecular weight excluding hydrogens is 365 g/mol. The summed E-state index contributed by atoms with van der Waals surface area (Å²) in [6.07, 6.45) is 1.48. The van der Waals surface area contributed by atoms with Crippen LogP contribution in [0.1, 0.15) is 0 Å². The van der Waals surface area contributed by atoms with E-state index in [1.807, 2.05) is 6.07 Å². The van der Waals surface area contributed by atoms with Gasteiger partial charge in [0.05, 0.1) is 30.8 Å². The van der Waals surface area contributed by atoms with Crippen molar-refractivity contribution >= 4 is 23.2 Å². The number of nitrogens with zero attached hydrogens (tertiary/aromatic N) is 4. The van der Waals surface area contributed by atoms with Crippen LogP contribution in [0.2, 0.25) is 0 Å². The van der Waals surface area contributed by atoms with E-state index in [1.54, 1.807) is 18.3 Å². The van der Waals surface area contributed by atoms with Gasteiger partial charge in [0.1, 0.15) is 11.6 Å². The number of fused-ring (bicyclic) bond motifs is 1. The molecule has 3 N–H and O–H groups in total. The quantitative estimate of drug-likeness (QED) is 0.627. The molecule has 0 saturated carbocycles. The summed E-state index contributed by atoms with van der Waals surface area (Å²) >= 11 is 0. The summed E-state index contributed by atoms with van der Waals surface area (Å²) in [7, 11) is 0. The summed E-state index contributed by atoms with van der Waals surface area (Å²) in [5.41, 5.74) is 2.47. The molecule has 2 aromatic heterocycles. The first kappa shape index (κ1) is 16.8. The zero-order valence-corrected chi connectivity index (χ0v) is 14.9. The molecule has 2 aliphatic rings. The van der Waals surface area contributed by atoms with Crippen LogP contribution in [-0.2, 0) is 4.74 Å². The first-order valence-electron chi connectivity index (χ1n) is 8.96. The number of hydrogen-bond donors (Lipinski definition) is 3. The van der Waals surface area contributed by atoms with Gasteiger partial charge in [0.15, 0.2) is 6.29 Å². The predicted octanol–water partition coefficient (Wildman–Crippen LogP) is 2.34. The lowest BCUT2D eigenvalue weighted by Gasteiger charge is -2.27. The van der Waals surface area contributed by atoms with E-state index < -0.39 is 0 Å². The normalized spacial score (nSPS) is 18.3. The van der Waals surface area contributed by atoms with E-state index >= 15 is 0 Å². The van der Waals surface area contributed by atoms with Crippen LogP contribution >= 0.6 is 0 Å². The Morgan fingerprint density at radius 2 is 1.86 bits per heavy atom. The molecule has 1 fully saturated rings. The Morgan fingerprint density at radius 1 is 1.07 bits per heavy atom. The highest BCUT2D eigenvalue weighted by atomic mass is 19.1. The Bertz CT molecular complexity index is 972. The largest absolute Gasteiger partial charge is 0.403 e. The minimum Gasteiger partial charge on any atom is -0.403 e. The van der Waals surface area contributed by atoms with E-state index in [0.29, 0.717) is 24.7 Å². The van der Waals surface area contributed by atoms with Crippen LogP contribution < -0.4 is 20.9 Å². The summed E-state index contributed by atoms with van der Waals surface area (Å²) in [5, 5.41) is 17.7. The van der Waals surface area contributed by atoms with Crippen LogP contribution in [0.25, 0.3) is 11.5 Å². The van der Waals surface area contributed by atoms with Gasteiger partial charge in [0.25, 0.3) is 0 Å². The lowest BCUT2D eigenvalue weighted by atomic mass is 10.2. The fourth-order valence-electron chi connectivity index (χ4n) is 3.18. The second-order valence-corrected chi connectivity index (χ2v) is 6.47. The molecule has 2 aliphatic heterocycles. The number of rotatable bonds is 4. The summed E-state index contributed by atoms with van der Waals surface area (Å²) < 4.78 is 24.0. The van der Waals surface area contributed by atoms with Crippen molar-refractivity contribution in [1.29, 1.82) is 0 Å². The minimum atomic E-state index is -0.321. The number of hydrogen-bond acceptors (Lipinski definition) is 9. The zero-order valence-electron chi connectivity index (χ0n) is 14.9. The molecule has 10 heteroatoms. The highest BCUT2D eigenvalue weighted by Crippen LogP contribution is 2.32. The van der Waals surface area contributed by atoms with E-state index in [4.69, 9.17) is 9.15 Å². The molecule has 1 saturated heterocycles. The molecule has 0 aliphatic carbocycles. The molecule has 0 spiro atoms. The number of ether oxygens (including phenoxy) is 1. The van der Waals surface area contributed by atoms with Gasteiger partial charge in [0, 0.05) is 24.7 Å². The molecule has 0 radical (unpaired) electrons. The highest BCUT2D eigenvalue weighted by Gasteiger charge is 2.23. The number of pyridine rings is 1. The number of halogens is 1. The maximum atomic E-state index is 13.0. The Morgan fingerprint density at radius 3 is 2.68 bits per heavy atom. The van der Waals surface area contributed by atoms with E-state index in [-0.39, 0.29) is 18.1 Å². The monoisotopic (exact) mass is 383 g/mol. The number of benzene rings is 1. The van der Waals surface area contributed by atoms with Gasteiger partial charge in [-0.25, -0.2) is 9.37 Å². The van der Waals surface area contributed by atoms with Crippen molar-refractivity contribution in [3.8, 4) is 11.5 Å². The molecule has 5 rings (SSSR count). The van der Waals surface area contributed by atoms with Crippen molar-refractivity contribution < 1.29 is 13.5 Å². The molecular formula is C18H18FN7O2. The smallest absolute Gasteiger partial charge is 0.318 e. The van der Waals surface area contributed by atoms with Crippen LogP contribution in [-0.4, -0.2) is 47.8 Å². The van der Waals surface area contributed by atoms with Gasteiger partial charge in [-0.15, -0.1) is 5.10 Å². The van der Waals surface area contributed by atoms with Crippen molar-refractivity contribution in [1.82, 2.24) is 15.2 Å².